The van der Waals surface area contributed by atoms with Crippen molar-refractivity contribution in [2.24, 2.45) is 11.3 Å². The van der Waals surface area contributed by atoms with Crippen molar-refractivity contribution in [3.05, 3.63) is 10.9 Å². The summed E-state index contributed by atoms with van der Waals surface area (Å²) in [5, 5.41) is 4.65. The third-order valence-corrected chi connectivity index (χ3v) is 5.71. The summed E-state index contributed by atoms with van der Waals surface area (Å²) in [4.78, 5) is 12.9. The monoisotopic (exact) mass is 292 g/mol. The molecule has 1 aromatic rings. The molecule has 0 spiro atoms. The normalized spacial score (nSPS) is 22.7. The van der Waals surface area contributed by atoms with Crippen molar-refractivity contribution < 1.29 is 4.79 Å². The molecule has 3 rings (SSSR count). The topological polar surface area (TPSA) is 55.1 Å². The minimum Gasteiger partial charge on any atom is -0.397 e. The Morgan fingerprint density at radius 1 is 1.30 bits per heavy atom. The maximum absolute atomic E-state index is 12.1. The molecule has 0 amide bonds. The Morgan fingerprint density at radius 3 is 2.55 bits per heavy atom. The Kier molecular flexibility index (Phi) is 3.53. The average Bonchev–Trinajstić information content (AvgIpc) is 3.16. The Hall–Kier alpha value is -1.03. The lowest BCUT2D eigenvalue weighted by Crippen LogP contribution is -2.29. The van der Waals surface area contributed by atoms with Crippen LogP contribution in [0, 0.1) is 11.3 Å². The zero-order chi connectivity index (χ0) is 14.3. The molecular weight excluding hydrogens is 268 g/mol. The lowest BCUT2D eigenvalue weighted by molar-refractivity contribution is 0.0972. The fourth-order valence-corrected chi connectivity index (χ4v) is 4.02. The predicted octanol–water partition coefficient (Wildman–Crippen LogP) is 4.30. The molecule has 0 bridgehead atoms. The van der Waals surface area contributed by atoms with Crippen LogP contribution in [0.15, 0.2) is 6.07 Å². The Balaban J connectivity index is 1.63. The van der Waals surface area contributed by atoms with Gasteiger partial charge < -0.3 is 11.1 Å². The van der Waals surface area contributed by atoms with Crippen LogP contribution >= 0.6 is 11.3 Å². The Labute approximate surface area is 124 Å². The molecule has 0 aromatic carbocycles. The summed E-state index contributed by atoms with van der Waals surface area (Å²) in [5.74, 6) is 0.504. The SMILES string of the molecule is CC1(C)CCC(Nc2cc(N)c(C(=O)C3CC3)s2)CC1. The summed E-state index contributed by atoms with van der Waals surface area (Å²) >= 11 is 1.54. The van der Waals surface area contributed by atoms with Crippen molar-refractivity contribution >= 4 is 27.8 Å². The first-order chi connectivity index (χ1) is 9.44. The second-order valence-corrected chi connectivity index (χ2v) is 8.17. The van der Waals surface area contributed by atoms with Gasteiger partial charge in [0.2, 0.25) is 0 Å². The Bertz CT molecular complexity index is 507. The van der Waals surface area contributed by atoms with E-state index < -0.39 is 0 Å². The number of carbonyl (C=O) groups is 1. The van der Waals surface area contributed by atoms with Crippen LogP contribution in [-0.4, -0.2) is 11.8 Å². The number of Topliss-reactive ketones (excluding diaryl/α,β-unsaturated/α-hetero) is 1. The second-order valence-electron chi connectivity index (χ2n) is 7.12. The molecule has 110 valence electrons. The van der Waals surface area contributed by atoms with E-state index >= 15 is 0 Å². The van der Waals surface area contributed by atoms with E-state index in [1.54, 1.807) is 11.3 Å². The third kappa shape index (κ3) is 3.00. The van der Waals surface area contributed by atoms with Gasteiger partial charge >= 0.3 is 0 Å². The Morgan fingerprint density at radius 2 is 1.95 bits per heavy atom. The first-order valence-electron chi connectivity index (χ1n) is 7.65. The molecule has 2 fully saturated rings. The van der Waals surface area contributed by atoms with E-state index in [0.717, 1.165) is 22.7 Å². The van der Waals surface area contributed by atoms with E-state index in [-0.39, 0.29) is 11.7 Å². The summed E-state index contributed by atoms with van der Waals surface area (Å²) in [7, 11) is 0. The highest BCUT2D eigenvalue weighted by Gasteiger charge is 2.33. The molecule has 3 nitrogen and oxygen atoms in total. The van der Waals surface area contributed by atoms with Gasteiger partial charge in [0.15, 0.2) is 5.78 Å². The summed E-state index contributed by atoms with van der Waals surface area (Å²) in [6.45, 7) is 4.69. The summed E-state index contributed by atoms with van der Waals surface area (Å²) in [6, 6.07) is 2.48. The molecule has 0 aliphatic heterocycles. The smallest absolute Gasteiger partial charge is 0.178 e. The fraction of sp³-hybridized carbons (Fsp3) is 0.688. The molecule has 2 saturated carbocycles. The van der Waals surface area contributed by atoms with Gasteiger partial charge in [0, 0.05) is 12.0 Å². The highest BCUT2D eigenvalue weighted by Crippen LogP contribution is 2.40. The van der Waals surface area contributed by atoms with Gasteiger partial charge in [-0.3, -0.25) is 4.79 Å². The maximum Gasteiger partial charge on any atom is 0.178 e. The average molecular weight is 292 g/mol. The zero-order valence-electron chi connectivity index (χ0n) is 12.4. The number of carbonyl (C=O) groups excluding carboxylic acids is 1. The van der Waals surface area contributed by atoms with Crippen LogP contribution in [0.1, 0.15) is 62.0 Å². The molecule has 2 aliphatic rings. The lowest BCUT2D eigenvalue weighted by atomic mass is 9.76. The van der Waals surface area contributed by atoms with Gasteiger partial charge in [-0.15, -0.1) is 11.3 Å². The van der Waals surface area contributed by atoms with Crippen molar-refractivity contribution in [3.63, 3.8) is 0 Å². The van der Waals surface area contributed by atoms with Gasteiger partial charge in [-0.2, -0.15) is 0 Å². The van der Waals surface area contributed by atoms with E-state index in [0.29, 0.717) is 17.1 Å². The van der Waals surface area contributed by atoms with Crippen molar-refractivity contribution in [1.82, 2.24) is 0 Å². The van der Waals surface area contributed by atoms with E-state index in [2.05, 4.69) is 19.2 Å². The molecule has 20 heavy (non-hydrogen) atoms. The molecule has 3 N–H and O–H groups in total. The van der Waals surface area contributed by atoms with E-state index in [9.17, 15) is 4.79 Å². The van der Waals surface area contributed by atoms with Gasteiger partial charge in [-0.1, -0.05) is 13.8 Å². The maximum atomic E-state index is 12.1. The summed E-state index contributed by atoms with van der Waals surface area (Å²) in [6.07, 6.45) is 7.01. The molecule has 0 saturated heterocycles. The highest BCUT2D eigenvalue weighted by atomic mass is 32.1. The van der Waals surface area contributed by atoms with E-state index in [1.165, 1.54) is 25.7 Å². The molecule has 0 atom stereocenters. The number of anilines is 2. The number of hydrogen-bond acceptors (Lipinski definition) is 4. The standard InChI is InChI=1S/C16H24N2OS/c1-16(2)7-5-11(6-8-16)18-13-9-12(17)15(20-13)14(19)10-3-4-10/h9-11,18H,3-8,17H2,1-2H3. The van der Waals surface area contributed by atoms with Gasteiger partial charge in [-0.25, -0.2) is 0 Å². The van der Waals surface area contributed by atoms with Gasteiger partial charge in [0.05, 0.1) is 15.6 Å². The van der Waals surface area contributed by atoms with Crippen molar-refractivity contribution in [3.8, 4) is 0 Å². The fourth-order valence-electron chi connectivity index (χ4n) is 2.94. The van der Waals surface area contributed by atoms with Crippen LogP contribution in [0.4, 0.5) is 10.7 Å². The lowest BCUT2D eigenvalue weighted by Gasteiger charge is -2.34. The van der Waals surface area contributed by atoms with E-state index in [1.807, 2.05) is 6.07 Å². The molecule has 2 aliphatic carbocycles. The van der Waals surface area contributed by atoms with E-state index in [4.69, 9.17) is 5.73 Å². The number of nitrogens with one attached hydrogen (secondary N) is 1. The largest absolute Gasteiger partial charge is 0.397 e. The van der Waals surface area contributed by atoms with Gasteiger partial charge in [0.1, 0.15) is 0 Å². The quantitative estimate of drug-likeness (QED) is 0.813. The van der Waals surface area contributed by atoms with Gasteiger partial charge in [-0.05, 0) is 50.0 Å². The predicted molar refractivity (Wildman–Crippen MR) is 85.4 cm³/mol. The molecule has 1 heterocycles. The minimum atomic E-state index is 0.249. The van der Waals surface area contributed by atoms with Crippen molar-refractivity contribution in [1.29, 1.82) is 0 Å². The third-order valence-electron chi connectivity index (χ3n) is 4.62. The number of rotatable bonds is 4. The van der Waals surface area contributed by atoms with Crippen LogP contribution < -0.4 is 11.1 Å². The molecule has 4 heteroatoms. The van der Waals surface area contributed by atoms with Crippen molar-refractivity contribution in [2.75, 3.05) is 11.1 Å². The van der Waals surface area contributed by atoms with Crippen LogP contribution in [0.2, 0.25) is 0 Å². The highest BCUT2D eigenvalue weighted by molar-refractivity contribution is 7.18. The number of hydrogen-bond donors (Lipinski definition) is 2. The number of nitrogens with two attached hydrogens (primary N) is 1. The first kappa shape index (κ1) is 13.9. The first-order valence-corrected chi connectivity index (χ1v) is 8.46. The van der Waals surface area contributed by atoms with Crippen molar-refractivity contribution in [2.45, 2.75) is 58.4 Å². The minimum absolute atomic E-state index is 0.249. The molecule has 0 unspecified atom stereocenters. The molecular formula is C16H24N2OS. The summed E-state index contributed by atoms with van der Waals surface area (Å²) < 4.78 is 0. The van der Waals surface area contributed by atoms with Crippen LogP contribution in [0.3, 0.4) is 0 Å². The molecule has 0 radical (unpaired) electrons. The number of thiophene rings is 1. The van der Waals surface area contributed by atoms with Crippen LogP contribution in [-0.2, 0) is 0 Å². The summed E-state index contributed by atoms with van der Waals surface area (Å²) in [5.41, 5.74) is 7.15. The van der Waals surface area contributed by atoms with Crippen LogP contribution in [0.5, 0.6) is 0 Å². The van der Waals surface area contributed by atoms with Gasteiger partial charge in [0.25, 0.3) is 0 Å². The molecule has 1 aromatic heterocycles. The zero-order valence-corrected chi connectivity index (χ0v) is 13.2. The second kappa shape index (κ2) is 5.06. The van der Waals surface area contributed by atoms with Crippen LogP contribution in [0.25, 0.3) is 0 Å². The number of ketones is 1. The number of nitrogen functional groups attached to an aromatic ring is 1.